The average Bonchev–Trinajstić information content (AvgIpc) is 2.69. The summed E-state index contributed by atoms with van der Waals surface area (Å²) in [6.07, 6.45) is 19.7. The van der Waals surface area contributed by atoms with Crippen LogP contribution in [-0.4, -0.2) is 24.3 Å². The number of ether oxygens (including phenoxy) is 1. The summed E-state index contributed by atoms with van der Waals surface area (Å²) < 4.78 is 4.74. The molecule has 168 valence electrons. The average molecular weight is 399 g/mol. The molecule has 4 atom stereocenters. The number of methoxy groups -OCH3 is 1. The number of esters is 1. The van der Waals surface area contributed by atoms with Gasteiger partial charge >= 0.3 is 5.97 Å². The molecule has 0 saturated carbocycles. The molecule has 0 spiro atoms. The van der Waals surface area contributed by atoms with Crippen molar-refractivity contribution in [2.24, 2.45) is 17.8 Å². The standard InChI is InChI=1S/C25H50O3/c1-6-7-8-9-10-11-12-13-14-15-16-17-18-19-21(2)20-22(3)24(26)23(4)25(27)28-5/h21-24,26H,6-20H2,1-5H3/t21-,22+,23-,24-/m1/s1. The third kappa shape index (κ3) is 14.4. The zero-order valence-corrected chi connectivity index (χ0v) is 19.7. The summed E-state index contributed by atoms with van der Waals surface area (Å²) in [7, 11) is 1.38. The lowest BCUT2D eigenvalue weighted by molar-refractivity contribution is -0.150. The highest BCUT2D eigenvalue weighted by Gasteiger charge is 2.28. The quantitative estimate of drug-likeness (QED) is 0.183. The molecule has 0 amide bonds. The Morgan fingerprint density at radius 2 is 1.21 bits per heavy atom. The number of rotatable bonds is 19. The van der Waals surface area contributed by atoms with Crippen molar-refractivity contribution in [2.75, 3.05) is 7.11 Å². The number of carbonyl (C=O) groups excluding carboxylic acids is 1. The van der Waals surface area contributed by atoms with Crippen LogP contribution in [0.15, 0.2) is 0 Å². The highest BCUT2D eigenvalue weighted by molar-refractivity contribution is 5.72. The monoisotopic (exact) mass is 398 g/mol. The van der Waals surface area contributed by atoms with Crippen LogP contribution >= 0.6 is 0 Å². The van der Waals surface area contributed by atoms with Gasteiger partial charge in [-0.1, -0.05) is 111 Å². The number of hydrogen-bond acceptors (Lipinski definition) is 3. The summed E-state index contributed by atoms with van der Waals surface area (Å²) in [6, 6.07) is 0. The topological polar surface area (TPSA) is 46.5 Å². The van der Waals surface area contributed by atoms with Crippen LogP contribution in [0.2, 0.25) is 0 Å². The first kappa shape index (κ1) is 27.4. The zero-order chi connectivity index (χ0) is 21.2. The van der Waals surface area contributed by atoms with Crippen molar-refractivity contribution in [3.05, 3.63) is 0 Å². The third-order valence-electron chi connectivity index (χ3n) is 6.24. The van der Waals surface area contributed by atoms with Crippen LogP contribution in [0.1, 0.15) is 124 Å². The second kappa shape index (κ2) is 18.5. The molecule has 0 aromatic heterocycles. The fourth-order valence-electron chi connectivity index (χ4n) is 4.22. The van der Waals surface area contributed by atoms with Gasteiger partial charge in [0.25, 0.3) is 0 Å². The van der Waals surface area contributed by atoms with Crippen LogP contribution in [0.25, 0.3) is 0 Å². The molecule has 0 heterocycles. The minimum absolute atomic E-state index is 0.131. The van der Waals surface area contributed by atoms with Crippen molar-refractivity contribution in [3.63, 3.8) is 0 Å². The predicted octanol–water partition coefficient (Wildman–Crippen LogP) is 7.30. The van der Waals surface area contributed by atoms with Crippen molar-refractivity contribution in [1.29, 1.82) is 0 Å². The molecule has 0 aliphatic rings. The van der Waals surface area contributed by atoms with Gasteiger partial charge in [0.2, 0.25) is 0 Å². The van der Waals surface area contributed by atoms with Gasteiger partial charge in [0.05, 0.1) is 19.1 Å². The minimum atomic E-state index is -0.610. The SMILES string of the molecule is CCCCCCCCCCCCCCC[C@@H](C)C[C@H](C)[C@@H](O)[C@@H](C)C(=O)OC. The summed E-state index contributed by atoms with van der Waals surface area (Å²) in [5, 5.41) is 10.3. The van der Waals surface area contributed by atoms with E-state index in [0.717, 1.165) is 6.42 Å². The van der Waals surface area contributed by atoms with Gasteiger partial charge in [-0.05, 0) is 25.2 Å². The molecule has 0 bridgehead atoms. The number of hydrogen-bond donors (Lipinski definition) is 1. The Labute approximate surface area is 176 Å². The van der Waals surface area contributed by atoms with E-state index in [1.807, 2.05) is 6.92 Å². The first-order valence-corrected chi connectivity index (χ1v) is 12.2. The van der Waals surface area contributed by atoms with Crippen LogP contribution in [0.4, 0.5) is 0 Å². The normalized spacial score (nSPS) is 15.8. The molecule has 0 aromatic carbocycles. The molecular formula is C25H50O3. The number of aliphatic hydroxyl groups excluding tert-OH is 1. The lowest BCUT2D eigenvalue weighted by atomic mass is 9.85. The Morgan fingerprint density at radius 1 is 0.786 bits per heavy atom. The van der Waals surface area contributed by atoms with Gasteiger partial charge in [0, 0.05) is 0 Å². The molecular weight excluding hydrogens is 348 g/mol. The van der Waals surface area contributed by atoms with Crippen molar-refractivity contribution in [3.8, 4) is 0 Å². The Balaban J connectivity index is 3.54. The van der Waals surface area contributed by atoms with Gasteiger partial charge in [0.1, 0.15) is 0 Å². The molecule has 0 aliphatic heterocycles. The van der Waals surface area contributed by atoms with E-state index in [2.05, 4.69) is 13.8 Å². The van der Waals surface area contributed by atoms with Crippen molar-refractivity contribution < 1.29 is 14.6 Å². The van der Waals surface area contributed by atoms with E-state index >= 15 is 0 Å². The zero-order valence-electron chi connectivity index (χ0n) is 19.7. The van der Waals surface area contributed by atoms with E-state index in [1.165, 1.54) is 97.0 Å². The second-order valence-corrected chi connectivity index (χ2v) is 9.15. The third-order valence-corrected chi connectivity index (χ3v) is 6.24. The highest BCUT2D eigenvalue weighted by Crippen LogP contribution is 2.24. The molecule has 0 rings (SSSR count). The molecule has 0 radical (unpaired) electrons. The maximum Gasteiger partial charge on any atom is 0.311 e. The van der Waals surface area contributed by atoms with Gasteiger partial charge in [-0.3, -0.25) is 4.79 Å². The van der Waals surface area contributed by atoms with Crippen LogP contribution in [0.3, 0.4) is 0 Å². The van der Waals surface area contributed by atoms with Crippen LogP contribution in [0.5, 0.6) is 0 Å². The number of aliphatic hydroxyl groups is 1. The summed E-state index contributed by atoms with van der Waals surface area (Å²) >= 11 is 0. The second-order valence-electron chi connectivity index (χ2n) is 9.15. The minimum Gasteiger partial charge on any atom is -0.469 e. The van der Waals surface area contributed by atoms with Gasteiger partial charge < -0.3 is 9.84 Å². The largest absolute Gasteiger partial charge is 0.469 e. The van der Waals surface area contributed by atoms with Crippen LogP contribution < -0.4 is 0 Å². The lowest BCUT2D eigenvalue weighted by Gasteiger charge is -2.25. The van der Waals surface area contributed by atoms with Crippen molar-refractivity contribution >= 4 is 5.97 Å². The van der Waals surface area contributed by atoms with E-state index in [9.17, 15) is 9.90 Å². The fraction of sp³-hybridized carbons (Fsp3) is 0.960. The first-order valence-electron chi connectivity index (χ1n) is 12.2. The molecule has 28 heavy (non-hydrogen) atoms. The molecule has 0 aromatic rings. The van der Waals surface area contributed by atoms with E-state index in [-0.39, 0.29) is 11.9 Å². The molecule has 1 N–H and O–H groups in total. The Morgan fingerprint density at radius 3 is 1.64 bits per heavy atom. The van der Waals surface area contributed by atoms with Gasteiger partial charge in [-0.25, -0.2) is 0 Å². The molecule has 0 fully saturated rings. The molecule has 0 saturated heterocycles. The molecule has 0 aliphatic carbocycles. The van der Waals surface area contributed by atoms with Gasteiger partial charge in [-0.15, -0.1) is 0 Å². The maximum absolute atomic E-state index is 11.6. The van der Waals surface area contributed by atoms with Crippen LogP contribution in [0, 0.1) is 17.8 Å². The molecule has 3 heteroatoms. The maximum atomic E-state index is 11.6. The Bertz CT molecular complexity index is 356. The van der Waals surface area contributed by atoms with Crippen LogP contribution in [-0.2, 0) is 9.53 Å². The number of carbonyl (C=O) groups is 1. The van der Waals surface area contributed by atoms with Gasteiger partial charge in [-0.2, -0.15) is 0 Å². The Kier molecular flexibility index (Phi) is 18.1. The van der Waals surface area contributed by atoms with E-state index < -0.39 is 12.0 Å². The predicted molar refractivity (Wildman–Crippen MR) is 120 cm³/mol. The van der Waals surface area contributed by atoms with Crippen molar-refractivity contribution in [2.45, 2.75) is 130 Å². The highest BCUT2D eigenvalue weighted by atomic mass is 16.5. The van der Waals surface area contributed by atoms with E-state index in [1.54, 1.807) is 6.92 Å². The summed E-state index contributed by atoms with van der Waals surface area (Å²) in [5.41, 5.74) is 0. The Hall–Kier alpha value is -0.570. The summed E-state index contributed by atoms with van der Waals surface area (Å²) in [5.74, 6) is -0.0275. The number of unbranched alkanes of at least 4 members (excludes halogenated alkanes) is 12. The summed E-state index contributed by atoms with van der Waals surface area (Å²) in [4.78, 5) is 11.6. The first-order chi connectivity index (χ1) is 13.4. The van der Waals surface area contributed by atoms with E-state index in [4.69, 9.17) is 4.74 Å². The smallest absolute Gasteiger partial charge is 0.311 e. The van der Waals surface area contributed by atoms with Crippen molar-refractivity contribution in [1.82, 2.24) is 0 Å². The summed E-state index contributed by atoms with van der Waals surface area (Å²) in [6.45, 7) is 8.35. The lowest BCUT2D eigenvalue weighted by Crippen LogP contribution is -2.32. The molecule has 0 unspecified atom stereocenters. The van der Waals surface area contributed by atoms with Gasteiger partial charge in [0.15, 0.2) is 0 Å². The van der Waals surface area contributed by atoms with E-state index in [0.29, 0.717) is 5.92 Å². The molecule has 3 nitrogen and oxygen atoms in total. The fourth-order valence-corrected chi connectivity index (χ4v) is 4.22.